The number of halogens is 3. The van der Waals surface area contributed by atoms with Crippen LogP contribution in [-0.4, -0.2) is 51.4 Å². The largest absolute Gasteiger partial charge is 0.435 e. The summed E-state index contributed by atoms with van der Waals surface area (Å²) in [6, 6.07) is 3.45. The predicted molar refractivity (Wildman–Crippen MR) is 97.9 cm³/mol. The third kappa shape index (κ3) is 3.77. The second-order valence-corrected chi connectivity index (χ2v) is 6.84. The van der Waals surface area contributed by atoms with E-state index < -0.39 is 11.9 Å². The highest BCUT2D eigenvalue weighted by Gasteiger charge is 2.33. The van der Waals surface area contributed by atoms with Crippen LogP contribution in [0.3, 0.4) is 0 Å². The maximum Gasteiger partial charge on any atom is 0.435 e. The average Bonchev–Trinajstić information content (AvgIpc) is 3.03. The molecule has 0 atom stereocenters. The molecule has 1 fully saturated rings. The molecule has 1 aliphatic rings. The highest BCUT2D eigenvalue weighted by molar-refractivity contribution is 5.58. The summed E-state index contributed by atoms with van der Waals surface area (Å²) < 4.78 is 49.7. The van der Waals surface area contributed by atoms with Gasteiger partial charge in [0.1, 0.15) is 17.1 Å². The molecular weight excluding hydrogens is 405 g/mol. The summed E-state index contributed by atoms with van der Waals surface area (Å²) in [5.41, 5.74) is 0.0414. The molecule has 12 heteroatoms. The van der Waals surface area contributed by atoms with Crippen LogP contribution in [0.4, 0.5) is 18.9 Å². The third-order valence-electron chi connectivity index (χ3n) is 4.89. The van der Waals surface area contributed by atoms with E-state index in [-0.39, 0.29) is 29.6 Å². The molecule has 0 aliphatic carbocycles. The molecule has 0 N–H and O–H groups in total. The lowest BCUT2D eigenvalue weighted by Gasteiger charge is -2.39. The highest BCUT2D eigenvalue weighted by Crippen LogP contribution is 2.29. The number of methoxy groups -OCH3 is 1. The van der Waals surface area contributed by atoms with Gasteiger partial charge in [0.2, 0.25) is 0 Å². The third-order valence-corrected chi connectivity index (χ3v) is 4.89. The molecule has 3 aromatic heterocycles. The molecule has 1 aliphatic heterocycles. The molecule has 4 rings (SSSR count). The van der Waals surface area contributed by atoms with Gasteiger partial charge in [0.15, 0.2) is 5.69 Å². The summed E-state index contributed by atoms with van der Waals surface area (Å²) >= 11 is 0. The minimum Gasteiger partial charge on any atom is -0.378 e. The van der Waals surface area contributed by atoms with E-state index in [1.807, 2.05) is 4.90 Å². The van der Waals surface area contributed by atoms with Crippen LogP contribution >= 0.6 is 0 Å². The van der Waals surface area contributed by atoms with Gasteiger partial charge < -0.3 is 14.2 Å². The molecule has 0 bridgehead atoms. The minimum atomic E-state index is -4.59. The van der Waals surface area contributed by atoms with Crippen molar-refractivity contribution in [1.29, 1.82) is 0 Å². The SMILES string of the molecule is COC1CN(c2cnn(Cc3c(-c4ccc(C(F)(F)F)nn4)noc3C)c(=O)c2)C1. The van der Waals surface area contributed by atoms with Crippen molar-refractivity contribution in [3.05, 3.63) is 51.8 Å². The van der Waals surface area contributed by atoms with Gasteiger partial charge in [-0.2, -0.15) is 18.3 Å². The quantitative estimate of drug-likeness (QED) is 0.615. The molecular formula is C18H17F3N6O3. The smallest absolute Gasteiger partial charge is 0.378 e. The predicted octanol–water partition coefficient (Wildman–Crippen LogP) is 1.90. The van der Waals surface area contributed by atoms with Crippen LogP contribution in [-0.2, 0) is 17.5 Å². The zero-order valence-corrected chi connectivity index (χ0v) is 16.0. The van der Waals surface area contributed by atoms with Crippen LogP contribution in [0.1, 0.15) is 17.0 Å². The number of nitrogens with zero attached hydrogens (tertiary/aromatic N) is 6. The Kier molecular flexibility index (Phi) is 5.02. The minimum absolute atomic E-state index is 0.0210. The van der Waals surface area contributed by atoms with Gasteiger partial charge in [-0.3, -0.25) is 4.79 Å². The van der Waals surface area contributed by atoms with Gasteiger partial charge in [0, 0.05) is 31.8 Å². The number of aryl methyl sites for hydroxylation is 1. The van der Waals surface area contributed by atoms with E-state index in [0.29, 0.717) is 30.1 Å². The molecule has 9 nitrogen and oxygen atoms in total. The summed E-state index contributed by atoms with van der Waals surface area (Å²) in [6.07, 6.45) is -2.87. The zero-order chi connectivity index (χ0) is 21.5. The molecule has 30 heavy (non-hydrogen) atoms. The van der Waals surface area contributed by atoms with Gasteiger partial charge >= 0.3 is 6.18 Å². The van der Waals surface area contributed by atoms with E-state index in [1.165, 1.54) is 10.7 Å². The molecule has 158 valence electrons. The summed E-state index contributed by atoms with van der Waals surface area (Å²) in [7, 11) is 1.64. The topological polar surface area (TPSA) is 99.2 Å². The van der Waals surface area contributed by atoms with Crippen molar-refractivity contribution in [3.8, 4) is 11.4 Å². The average molecular weight is 422 g/mol. The number of hydrogen-bond donors (Lipinski definition) is 0. The first-order chi connectivity index (χ1) is 14.3. The Morgan fingerprint density at radius 1 is 1.27 bits per heavy atom. The molecule has 0 amide bonds. The van der Waals surface area contributed by atoms with Crippen LogP contribution in [0.2, 0.25) is 0 Å². The van der Waals surface area contributed by atoms with Crippen LogP contribution in [0.25, 0.3) is 11.4 Å². The van der Waals surface area contributed by atoms with Gasteiger partial charge in [-0.25, -0.2) is 4.68 Å². The van der Waals surface area contributed by atoms with Gasteiger partial charge in [-0.1, -0.05) is 5.16 Å². The van der Waals surface area contributed by atoms with Crippen LogP contribution in [0.15, 0.2) is 33.7 Å². The molecule has 0 aromatic carbocycles. The molecule has 0 radical (unpaired) electrons. The van der Waals surface area contributed by atoms with E-state index in [2.05, 4.69) is 20.5 Å². The Morgan fingerprint density at radius 2 is 2.03 bits per heavy atom. The van der Waals surface area contributed by atoms with E-state index in [0.717, 1.165) is 12.1 Å². The fraction of sp³-hybridized carbons (Fsp3) is 0.389. The van der Waals surface area contributed by atoms with Gasteiger partial charge in [-0.15, -0.1) is 10.2 Å². The van der Waals surface area contributed by atoms with E-state index in [9.17, 15) is 18.0 Å². The first-order valence-corrected chi connectivity index (χ1v) is 8.97. The van der Waals surface area contributed by atoms with Gasteiger partial charge in [0.05, 0.1) is 24.5 Å². The Bertz CT molecular complexity index is 1100. The van der Waals surface area contributed by atoms with Crippen molar-refractivity contribution >= 4 is 5.69 Å². The van der Waals surface area contributed by atoms with Crippen molar-refractivity contribution in [2.45, 2.75) is 25.7 Å². The van der Waals surface area contributed by atoms with Crippen molar-refractivity contribution in [1.82, 2.24) is 25.1 Å². The summed E-state index contributed by atoms with van der Waals surface area (Å²) in [6.45, 7) is 3.02. The molecule has 1 saturated heterocycles. The van der Waals surface area contributed by atoms with E-state index in [4.69, 9.17) is 9.26 Å². The number of rotatable bonds is 5. The fourth-order valence-electron chi connectivity index (χ4n) is 3.05. The molecule has 0 unspecified atom stereocenters. The summed E-state index contributed by atoms with van der Waals surface area (Å²) in [5.74, 6) is 0.398. The van der Waals surface area contributed by atoms with E-state index in [1.54, 1.807) is 20.2 Å². The van der Waals surface area contributed by atoms with Crippen LogP contribution in [0, 0.1) is 6.92 Å². The Labute approximate surface area is 168 Å². The maximum atomic E-state index is 12.7. The normalized spacial score (nSPS) is 14.8. The molecule has 0 spiro atoms. The first-order valence-electron chi connectivity index (χ1n) is 8.97. The Hall–Kier alpha value is -3.28. The maximum absolute atomic E-state index is 12.7. The lowest BCUT2D eigenvalue weighted by atomic mass is 10.1. The van der Waals surface area contributed by atoms with Crippen molar-refractivity contribution in [2.24, 2.45) is 0 Å². The van der Waals surface area contributed by atoms with Gasteiger partial charge in [0.25, 0.3) is 5.56 Å². The number of alkyl halides is 3. The van der Waals surface area contributed by atoms with Crippen molar-refractivity contribution in [2.75, 3.05) is 25.1 Å². The second kappa shape index (κ2) is 7.52. The molecule has 3 aromatic rings. The molecule has 4 heterocycles. The van der Waals surface area contributed by atoms with Gasteiger partial charge in [-0.05, 0) is 19.1 Å². The second-order valence-electron chi connectivity index (χ2n) is 6.84. The lowest BCUT2D eigenvalue weighted by molar-refractivity contribution is -0.141. The number of ether oxygens (including phenoxy) is 1. The van der Waals surface area contributed by atoms with Crippen LogP contribution < -0.4 is 10.5 Å². The Morgan fingerprint density at radius 3 is 2.63 bits per heavy atom. The standard InChI is InChI=1S/C18H17F3N6O3/c1-10-13(17(25-30-10)14-3-4-15(24-23-14)18(19,20)21)9-27-16(28)5-11(6-22-27)26-7-12(8-26)29-2/h3-6,12H,7-9H2,1-2H3. The number of anilines is 1. The molecule has 0 saturated carbocycles. The fourth-order valence-corrected chi connectivity index (χ4v) is 3.05. The summed E-state index contributed by atoms with van der Waals surface area (Å²) in [4.78, 5) is 14.5. The lowest BCUT2D eigenvalue weighted by Crippen LogP contribution is -2.52. The number of aromatic nitrogens is 5. The van der Waals surface area contributed by atoms with E-state index >= 15 is 0 Å². The van der Waals surface area contributed by atoms with Crippen molar-refractivity contribution in [3.63, 3.8) is 0 Å². The number of hydrogen-bond acceptors (Lipinski definition) is 8. The summed E-state index contributed by atoms with van der Waals surface area (Å²) in [5, 5.41) is 14.9. The zero-order valence-electron chi connectivity index (χ0n) is 16.0. The first kappa shape index (κ1) is 20.0. The Balaban J connectivity index is 1.58. The van der Waals surface area contributed by atoms with Crippen LogP contribution in [0.5, 0.6) is 0 Å². The highest BCUT2D eigenvalue weighted by atomic mass is 19.4. The monoisotopic (exact) mass is 422 g/mol. The van der Waals surface area contributed by atoms with Crippen molar-refractivity contribution < 1.29 is 22.4 Å².